The summed E-state index contributed by atoms with van der Waals surface area (Å²) in [5.41, 5.74) is 5.62. The molecule has 1 aromatic heterocycles. The van der Waals surface area contributed by atoms with Gasteiger partial charge in [-0.1, -0.05) is 60.2 Å². The molecule has 0 saturated heterocycles. The molecule has 0 spiro atoms. The van der Waals surface area contributed by atoms with Gasteiger partial charge in [-0.3, -0.25) is 0 Å². The van der Waals surface area contributed by atoms with E-state index >= 15 is 0 Å². The van der Waals surface area contributed by atoms with Crippen LogP contribution in [0.1, 0.15) is 11.1 Å². The van der Waals surface area contributed by atoms with Gasteiger partial charge in [0.2, 0.25) is 0 Å². The second-order valence-corrected chi connectivity index (χ2v) is 6.25. The molecule has 122 valence electrons. The summed E-state index contributed by atoms with van der Waals surface area (Å²) in [6.45, 7) is 4.03. The lowest BCUT2D eigenvalue weighted by atomic mass is 10.0. The van der Waals surface area contributed by atoms with E-state index in [1.807, 2.05) is 43.3 Å². The molecule has 0 unspecified atom stereocenters. The van der Waals surface area contributed by atoms with E-state index < -0.39 is 0 Å². The van der Waals surface area contributed by atoms with Crippen LogP contribution in [0.5, 0.6) is 5.75 Å². The maximum Gasteiger partial charge on any atom is 0.164 e. The first kappa shape index (κ1) is 15.3. The van der Waals surface area contributed by atoms with Crippen molar-refractivity contribution in [2.24, 2.45) is 0 Å². The molecule has 0 bridgehead atoms. The van der Waals surface area contributed by atoms with E-state index in [2.05, 4.69) is 31.2 Å². The SMILES string of the molecule is Cc1ccc(-c2nc(-c3c(C)cccc3O)nc3ccccc23)cc1. The lowest BCUT2D eigenvalue weighted by Crippen LogP contribution is -1.97. The molecule has 4 rings (SSSR count). The first-order valence-electron chi connectivity index (χ1n) is 8.26. The summed E-state index contributed by atoms with van der Waals surface area (Å²) in [7, 11) is 0. The first-order chi connectivity index (χ1) is 12.1. The summed E-state index contributed by atoms with van der Waals surface area (Å²) >= 11 is 0. The Balaban J connectivity index is 2.04. The van der Waals surface area contributed by atoms with Gasteiger partial charge in [-0.15, -0.1) is 0 Å². The maximum absolute atomic E-state index is 10.3. The third-order valence-electron chi connectivity index (χ3n) is 4.40. The number of fused-ring (bicyclic) bond motifs is 1. The highest BCUT2D eigenvalue weighted by molar-refractivity contribution is 5.94. The van der Waals surface area contributed by atoms with Gasteiger partial charge in [-0.25, -0.2) is 9.97 Å². The average molecular weight is 326 g/mol. The predicted octanol–water partition coefficient (Wildman–Crippen LogP) is 5.29. The molecule has 1 N–H and O–H groups in total. The van der Waals surface area contributed by atoms with Crippen molar-refractivity contribution in [1.82, 2.24) is 9.97 Å². The van der Waals surface area contributed by atoms with Gasteiger partial charge in [0.15, 0.2) is 5.82 Å². The molecule has 0 aliphatic heterocycles. The number of aryl methyl sites for hydroxylation is 2. The number of benzene rings is 3. The molecule has 0 radical (unpaired) electrons. The molecule has 0 amide bonds. The van der Waals surface area contributed by atoms with Crippen molar-refractivity contribution < 1.29 is 5.11 Å². The number of phenols is 1. The van der Waals surface area contributed by atoms with Crippen LogP contribution >= 0.6 is 0 Å². The highest BCUT2D eigenvalue weighted by Crippen LogP contribution is 2.34. The number of para-hydroxylation sites is 1. The predicted molar refractivity (Wildman–Crippen MR) is 102 cm³/mol. The standard InChI is InChI=1S/C22H18N2O/c1-14-10-12-16(13-11-14)21-17-7-3-4-8-18(17)23-22(24-21)20-15(2)6-5-9-19(20)25/h3-13,25H,1-2H3. The zero-order chi connectivity index (χ0) is 17.4. The normalized spacial score (nSPS) is 11.0. The van der Waals surface area contributed by atoms with E-state index in [4.69, 9.17) is 9.97 Å². The molecule has 25 heavy (non-hydrogen) atoms. The summed E-state index contributed by atoms with van der Waals surface area (Å²) < 4.78 is 0. The van der Waals surface area contributed by atoms with Crippen molar-refractivity contribution in [3.05, 3.63) is 77.9 Å². The van der Waals surface area contributed by atoms with Gasteiger partial charge in [-0.05, 0) is 31.5 Å². The molecule has 0 fully saturated rings. The van der Waals surface area contributed by atoms with Crippen LogP contribution in [0.4, 0.5) is 0 Å². The third kappa shape index (κ3) is 2.74. The molecule has 0 atom stereocenters. The Morgan fingerprint density at radius 2 is 1.52 bits per heavy atom. The minimum Gasteiger partial charge on any atom is -0.507 e. The fraction of sp³-hybridized carbons (Fsp3) is 0.0909. The number of aromatic nitrogens is 2. The van der Waals surface area contributed by atoms with Crippen molar-refractivity contribution in [2.45, 2.75) is 13.8 Å². The summed E-state index contributed by atoms with van der Waals surface area (Å²) in [6, 6.07) is 21.7. The minimum atomic E-state index is 0.199. The third-order valence-corrected chi connectivity index (χ3v) is 4.40. The monoisotopic (exact) mass is 326 g/mol. The van der Waals surface area contributed by atoms with Crippen LogP contribution in [-0.2, 0) is 0 Å². The molecular weight excluding hydrogens is 308 g/mol. The summed E-state index contributed by atoms with van der Waals surface area (Å²) in [5, 5.41) is 11.3. The van der Waals surface area contributed by atoms with Gasteiger partial charge in [0.05, 0.1) is 16.8 Å². The Bertz CT molecular complexity index is 1050. The van der Waals surface area contributed by atoms with Crippen LogP contribution < -0.4 is 0 Å². The van der Waals surface area contributed by atoms with Gasteiger partial charge in [0.25, 0.3) is 0 Å². The van der Waals surface area contributed by atoms with E-state index in [1.54, 1.807) is 6.07 Å². The Morgan fingerprint density at radius 3 is 2.28 bits per heavy atom. The molecule has 3 nitrogen and oxygen atoms in total. The molecule has 4 aromatic rings. The zero-order valence-electron chi connectivity index (χ0n) is 14.2. The van der Waals surface area contributed by atoms with E-state index in [9.17, 15) is 5.11 Å². The average Bonchev–Trinajstić information content (AvgIpc) is 2.62. The Kier molecular flexibility index (Phi) is 3.69. The first-order valence-corrected chi connectivity index (χ1v) is 8.26. The van der Waals surface area contributed by atoms with Crippen LogP contribution in [0.25, 0.3) is 33.5 Å². The maximum atomic E-state index is 10.3. The number of nitrogens with zero attached hydrogens (tertiary/aromatic N) is 2. The quantitative estimate of drug-likeness (QED) is 0.544. The molecule has 0 saturated carbocycles. The summed E-state index contributed by atoms with van der Waals surface area (Å²) in [6.07, 6.45) is 0. The fourth-order valence-electron chi connectivity index (χ4n) is 3.06. The molecule has 0 aliphatic rings. The van der Waals surface area contributed by atoms with Crippen molar-refractivity contribution in [1.29, 1.82) is 0 Å². The number of aromatic hydroxyl groups is 1. The molecular formula is C22H18N2O. The second kappa shape index (κ2) is 6.02. The number of rotatable bonds is 2. The minimum absolute atomic E-state index is 0.199. The molecule has 3 heteroatoms. The Labute approximate surface area is 146 Å². The largest absolute Gasteiger partial charge is 0.507 e. The Morgan fingerprint density at radius 1 is 0.760 bits per heavy atom. The van der Waals surface area contributed by atoms with E-state index in [0.717, 1.165) is 27.7 Å². The summed E-state index contributed by atoms with van der Waals surface area (Å²) in [4.78, 5) is 9.52. The van der Waals surface area contributed by atoms with Gasteiger partial charge < -0.3 is 5.11 Å². The van der Waals surface area contributed by atoms with Gasteiger partial charge >= 0.3 is 0 Å². The number of hydrogen-bond donors (Lipinski definition) is 1. The lowest BCUT2D eigenvalue weighted by Gasteiger charge is -2.12. The van der Waals surface area contributed by atoms with Crippen LogP contribution in [0.3, 0.4) is 0 Å². The second-order valence-electron chi connectivity index (χ2n) is 6.25. The van der Waals surface area contributed by atoms with Crippen molar-refractivity contribution in [3.8, 4) is 28.4 Å². The van der Waals surface area contributed by atoms with Gasteiger partial charge in [-0.2, -0.15) is 0 Å². The van der Waals surface area contributed by atoms with Gasteiger partial charge in [0, 0.05) is 10.9 Å². The molecule has 3 aromatic carbocycles. The highest BCUT2D eigenvalue weighted by Gasteiger charge is 2.15. The van der Waals surface area contributed by atoms with Crippen LogP contribution in [-0.4, -0.2) is 15.1 Å². The van der Waals surface area contributed by atoms with Crippen molar-refractivity contribution >= 4 is 10.9 Å². The topological polar surface area (TPSA) is 46.0 Å². The van der Waals surface area contributed by atoms with E-state index in [1.165, 1.54) is 5.56 Å². The lowest BCUT2D eigenvalue weighted by molar-refractivity contribution is 0.476. The molecule has 1 heterocycles. The van der Waals surface area contributed by atoms with Crippen LogP contribution in [0.15, 0.2) is 66.7 Å². The zero-order valence-corrected chi connectivity index (χ0v) is 14.2. The number of hydrogen-bond acceptors (Lipinski definition) is 3. The Hall–Kier alpha value is -3.20. The van der Waals surface area contributed by atoms with E-state index in [-0.39, 0.29) is 5.75 Å². The highest BCUT2D eigenvalue weighted by atomic mass is 16.3. The van der Waals surface area contributed by atoms with Crippen molar-refractivity contribution in [2.75, 3.05) is 0 Å². The smallest absolute Gasteiger partial charge is 0.164 e. The van der Waals surface area contributed by atoms with E-state index in [0.29, 0.717) is 11.4 Å². The van der Waals surface area contributed by atoms with Gasteiger partial charge in [0.1, 0.15) is 5.75 Å². The number of phenolic OH excluding ortho intramolecular Hbond substituents is 1. The van der Waals surface area contributed by atoms with Crippen molar-refractivity contribution in [3.63, 3.8) is 0 Å². The molecule has 0 aliphatic carbocycles. The summed E-state index contributed by atoms with van der Waals surface area (Å²) in [5.74, 6) is 0.745. The van der Waals surface area contributed by atoms with Crippen LogP contribution in [0.2, 0.25) is 0 Å². The van der Waals surface area contributed by atoms with Crippen LogP contribution in [0, 0.1) is 13.8 Å². The fourth-order valence-corrected chi connectivity index (χ4v) is 3.06.